The number of aromatic hydroxyl groups is 1. The highest BCUT2D eigenvalue weighted by Crippen LogP contribution is 2.33. The molecule has 0 spiro atoms. The summed E-state index contributed by atoms with van der Waals surface area (Å²) in [5.41, 5.74) is 0.691. The molecule has 0 bridgehead atoms. The number of benzene rings is 2. The number of hydrogen-bond donors (Lipinski definition) is 1. The molecule has 0 aliphatic rings. The topological polar surface area (TPSA) is 91.3 Å². The van der Waals surface area contributed by atoms with Crippen molar-refractivity contribution < 1.29 is 33.6 Å². The standard InChI is InChI=1S/C27H36O7/c1-18(13-19-9-8-10-21(28)14-19)20-11-12-22(31-16-24(29)33-26(2,3)4)23(15-20)32-17-25(30)34-27(5,6)7/h8-12,14-15,18,28H,13,16-17H2,1-7H3. The zero-order chi connectivity index (χ0) is 25.5. The van der Waals surface area contributed by atoms with Gasteiger partial charge < -0.3 is 24.1 Å². The van der Waals surface area contributed by atoms with E-state index in [1.54, 1.807) is 71.9 Å². The fraction of sp³-hybridized carbons (Fsp3) is 0.481. The predicted octanol–water partition coefficient (Wildman–Crippen LogP) is 5.18. The Morgan fingerprint density at radius 3 is 1.91 bits per heavy atom. The van der Waals surface area contributed by atoms with Gasteiger partial charge in [-0.2, -0.15) is 0 Å². The van der Waals surface area contributed by atoms with E-state index in [1.807, 2.05) is 12.1 Å². The van der Waals surface area contributed by atoms with E-state index in [0.29, 0.717) is 17.9 Å². The molecule has 0 saturated heterocycles. The van der Waals surface area contributed by atoms with E-state index in [-0.39, 0.29) is 24.9 Å². The molecule has 0 radical (unpaired) electrons. The number of hydrogen-bond acceptors (Lipinski definition) is 7. The number of esters is 2. The molecule has 186 valence electrons. The van der Waals surface area contributed by atoms with Crippen LogP contribution in [0, 0.1) is 0 Å². The molecule has 0 fully saturated rings. The molecule has 1 atom stereocenters. The van der Waals surface area contributed by atoms with Crippen LogP contribution in [0.2, 0.25) is 0 Å². The van der Waals surface area contributed by atoms with Gasteiger partial charge in [-0.25, -0.2) is 9.59 Å². The summed E-state index contributed by atoms with van der Waals surface area (Å²) in [7, 11) is 0. The summed E-state index contributed by atoms with van der Waals surface area (Å²) in [5.74, 6) is -0.0596. The van der Waals surface area contributed by atoms with E-state index >= 15 is 0 Å². The van der Waals surface area contributed by atoms with E-state index in [0.717, 1.165) is 11.1 Å². The average Bonchev–Trinajstić information content (AvgIpc) is 2.68. The number of rotatable bonds is 9. The van der Waals surface area contributed by atoms with Crippen LogP contribution in [0.3, 0.4) is 0 Å². The zero-order valence-electron chi connectivity index (χ0n) is 21.1. The van der Waals surface area contributed by atoms with Crippen LogP contribution in [0.5, 0.6) is 17.2 Å². The number of carbonyl (C=O) groups excluding carboxylic acids is 2. The second kappa shape index (κ2) is 11.3. The summed E-state index contributed by atoms with van der Waals surface area (Å²) in [6, 6.07) is 12.5. The van der Waals surface area contributed by atoms with Gasteiger partial charge in [0, 0.05) is 0 Å². The van der Waals surface area contributed by atoms with Gasteiger partial charge in [-0.1, -0.05) is 25.1 Å². The van der Waals surface area contributed by atoms with E-state index in [4.69, 9.17) is 18.9 Å². The van der Waals surface area contributed by atoms with Gasteiger partial charge in [0.25, 0.3) is 0 Å². The van der Waals surface area contributed by atoms with E-state index in [9.17, 15) is 14.7 Å². The van der Waals surface area contributed by atoms with Crippen molar-refractivity contribution in [3.8, 4) is 17.2 Å². The van der Waals surface area contributed by atoms with Gasteiger partial charge >= 0.3 is 11.9 Å². The van der Waals surface area contributed by atoms with Crippen molar-refractivity contribution in [1.29, 1.82) is 0 Å². The third-order valence-electron chi connectivity index (χ3n) is 4.52. The molecule has 0 aliphatic heterocycles. The summed E-state index contributed by atoms with van der Waals surface area (Å²) in [6.07, 6.45) is 0.692. The van der Waals surface area contributed by atoms with Crippen LogP contribution in [0.25, 0.3) is 0 Å². The minimum atomic E-state index is -0.631. The summed E-state index contributed by atoms with van der Waals surface area (Å²) >= 11 is 0. The van der Waals surface area contributed by atoms with Crippen molar-refractivity contribution in [2.75, 3.05) is 13.2 Å². The quantitative estimate of drug-likeness (QED) is 0.503. The Morgan fingerprint density at radius 2 is 1.38 bits per heavy atom. The zero-order valence-corrected chi connectivity index (χ0v) is 21.1. The van der Waals surface area contributed by atoms with Crippen molar-refractivity contribution >= 4 is 11.9 Å². The minimum Gasteiger partial charge on any atom is -0.508 e. The van der Waals surface area contributed by atoms with Gasteiger partial charge in [0.15, 0.2) is 24.7 Å². The smallest absolute Gasteiger partial charge is 0.344 e. The van der Waals surface area contributed by atoms with E-state index < -0.39 is 23.1 Å². The first kappa shape index (κ1) is 27.0. The van der Waals surface area contributed by atoms with Gasteiger partial charge in [0.05, 0.1) is 0 Å². The van der Waals surface area contributed by atoms with Gasteiger partial charge in [-0.15, -0.1) is 0 Å². The van der Waals surface area contributed by atoms with Crippen LogP contribution in [0.1, 0.15) is 65.5 Å². The van der Waals surface area contributed by atoms with Gasteiger partial charge in [0.1, 0.15) is 17.0 Å². The summed E-state index contributed by atoms with van der Waals surface area (Å²) in [5, 5.41) is 9.74. The number of ether oxygens (including phenoxy) is 4. The molecule has 34 heavy (non-hydrogen) atoms. The monoisotopic (exact) mass is 472 g/mol. The molecular weight excluding hydrogens is 436 g/mol. The van der Waals surface area contributed by atoms with Crippen molar-refractivity contribution in [3.05, 3.63) is 53.6 Å². The minimum absolute atomic E-state index is 0.0885. The maximum Gasteiger partial charge on any atom is 0.344 e. The van der Waals surface area contributed by atoms with E-state index in [2.05, 4.69) is 6.92 Å². The molecule has 0 saturated carbocycles. The Bertz CT molecular complexity index is 983. The number of carbonyl (C=O) groups is 2. The van der Waals surface area contributed by atoms with Gasteiger partial charge in [-0.05, 0) is 89.3 Å². The number of phenolic OH excluding ortho intramolecular Hbond substituents is 1. The molecule has 1 N–H and O–H groups in total. The third kappa shape index (κ3) is 9.73. The van der Waals surface area contributed by atoms with Gasteiger partial charge in [-0.3, -0.25) is 0 Å². The predicted molar refractivity (Wildman–Crippen MR) is 129 cm³/mol. The van der Waals surface area contributed by atoms with Crippen molar-refractivity contribution in [2.45, 2.75) is 72.0 Å². The molecule has 0 heterocycles. The van der Waals surface area contributed by atoms with Gasteiger partial charge in [0.2, 0.25) is 0 Å². The second-order valence-corrected chi connectivity index (χ2v) is 10.2. The Balaban J connectivity index is 2.19. The summed E-state index contributed by atoms with van der Waals surface area (Å²) < 4.78 is 22.0. The molecule has 2 aromatic carbocycles. The van der Waals surface area contributed by atoms with Crippen LogP contribution >= 0.6 is 0 Å². The van der Waals surface area contributed by atoms with E-state index in [1.165, 1.54) is 0 Å². The molecule has 1 unspecified atom stereocenters. The average molecular weight is 473 g/mol. The lowest BCUT2D eigenvalue weighted by molar-refractivity contribution is -0.158. The first-order valence-corrected chi connectivity index (χ1v) is 11.3. The molecule has 7 heteroatoms. The molecule has 0 aromatic heterocycles. The largest absolute Gasteiger partial charge is 0.508 e. The molecule has 7 nitrogen and oxygen atoms in total. The first-order valence-electron chi connectivity index (χ1n) is 11.3. The molecule has 0 aliphatic carbocycles. The Kier molecular flexibility index (Phi) is 8.96. The Labute approximate surface area is 202 Å². The molecule has 0 amide bonds. The van der Waals surface area contributed by atoms with Crippen molar-refractivity contribution in [3.63, 3.8) is 0 Å². The van der Waals surface area contributed by atoms with Crippen LogP contribution < -0.4 is 9.47 Å². The van der Waals surface area contributed by atoms with Crippen molar-refractivity contribution in [1.82, 2.24) is 0 Å². The number of phenols is 1. The van der Waals surface area contributed by atoms with Crippen LogP contribution in [0.4, 0.5) is 0 Å². The SMILES string of the molecule is CC(Cc1cccc(O)c1)c1ccc(OCC(=O)OC(C)(C)C)c(OCC(=O)OC(C)(C)C)c1. The van der Waals surface area contributed by atoms with Crippen LogP contribution in [0.15, 0.2) is 42.5 Å². The first-order chi connectivity index (χ1) is 15.7. The third-order valence-corrected chi connectivity index (χ3v) is 4.52. The fourth-order valence-corrected chi connectivity index (χ4v) is 3.23. The van der Waals surface area contributed by atoms with Crippen molar-refractivity contribution in [2.24, 2.45) is 0 Å². The maximum absolute atomic E-state index is 12.2. The summed E-state index contributed by atoms with van der Waals surface area (Å²) in [6.45, 7) is 12.1. The molecule has 2 aromatic rings. The lowest BCUT2D eigenvalue weighted by Gasteiger charge is -2.21. The lowest BCUT2D eigenvalue weighted by atomic mass is 9.93. The maximum atomic E-state index is 12.2. The normalized spacial score (nSPS) is 12.6. The highest BCUT2D eigenvalue weighted by Gasteiger charge is 2.20. The fourth-order valence-electron chi connectivity index (χ4n) is 3.23. The second-order valence-electron chi connectivity index (χ2n) is 10.2. The molecular formula is C27H36O7. The van der Waals surface area contributed by atoms with Crippen LogP contribution in [-0.2, 0) is 25.5 Å². The summed E-state index contributed by atoms with van der Waals surface area (Å²) in [4.78, 5) is 24.3. The molecule has 2 rings (SSSR count). The highest BCUT2D eigenvalue weighted by molar-refractivity contribution is 5.72. The Hall–Kier alpha value is -3.22. The lowest BCUT2D eigenvalue weighted by Crippen LogP contribution is -2.28. The highest BCUT2D eigenvalue weighted by atomic mass is 16.6. The van der Waals surface area contributed by atoms with Crippen LogP contribution in [-0.4, -0.2) is 41.5 Å². The Morgan fingerprint density at radius 1 is 0.824 bits per heavy atom.